The molecule has 0 aliphatic heterocycles. The van der Waals surface area contributed by atoms with Crippen LogP contribution in [0, 0.1) is 13.8 Å². The van der Waals surface area contributed by atoms with Crippen LogP contribution >= 0.6 is 0 Å². The molecule has 0 spiro atoms. The first kappa shape index (κ1) is 17.9. The van der Waals surface area contributed by atoms with Crippen molar-refractivity contribution in [1.82, 2.24) is 10.0 Å². The Labute approximate surface area is 122 Å². The minimum Gasteiger partial charge on any atom is -0.316 e. The van der Waals surface area contributed by atoms with E-state index in [4.69, 9.17) is 0 Å². The predicted octanol–water partition coefficient (Wildman–Crippen LogP) is 2.25. The minimum atomic E-state index is -4.39. The van der Waals surface area contributed by atoms with Gasteiger partial charge in [-0.15, -0.1) is 0 Å². The van der Waals surface area contributed by atoms with E-state index in [9.17, 15) is 21.6 Å². The first-order valence-electron chi connectivity index (χ1n) is 6.38. The van der Waals surface area contributed by atoms with Gasteiger partial charge in [0.25, 0.3) is 0 Å². The molecule has 0 amide bonds. The van der Waals surface area contributed by atoms with Crippen LogP contribution in [-0.2, 0) is 16.6 Å². The fraction of sp³-hybridized carbons (Fsp3) is 0.538. The Balaban J connectivity index is 3.02. The molecule has 8 heteroatoms. The van der Waals surface area contributed by atoms with Gasteiger partial charge in [-0.1, -0.05) is 6.07 Å². The van der Waals surface area contributed by atoms with Crippen LogP contribution in [0.5, 0.6) is 0 Å². The number of hydrogen-bond donors (Lipinski definition) is 2. The predicted molar refractivity (Wildman–Crippen MR) is 74.5 cm³/mol. The van der Waals surface area contributed by atoms with Crippen LogP contribution in [0.4, 0.5) is 13.2 Å². The van der Waals surface area contributed by atoms with Crippen molar-refractivity contribution in [3.8, 4) is 0 Å². The van der Waals surface area contributed by atoms with Gasteiger partial charge < -0.3 is 5.32 Å². The van der Waals surface area contributed by atoms with Crippen LogP contribution in [-0.4, -0.2) is 28.2 Å². The Morgan fingerprint density at radius 1 is 1.19 bits per heavy atom. The molecule has 0 aliphatic rings. The van der Waals surface area contributed by atoms with Crippen molar-refractivity contribution in [2.75, 3.05) is 13.6 Å². The Morgan fingerprint density at radius 2 is 1.81 bits per heavy atom. The molecule has 0 radical (unpaired) electrons. The zero-order chi connectivity index (χ0) is 16.3. The van der Waals surface area contributed by atoms with Gasteiger partial charge in [0.05, 0.1) is 11.3 Å². The summed E-state index contributed by atoms with van der Waals surface area (Å²) >= 11 is 0. The summed E-state index contributed by atoms with van der Waals surface area (Å²) in [6, 6.07) is 3.33. The maximum atomic E-state index is 12.1. The number of nitrogens with one attached hydrogen (secondary N) is 2. The van der Waals surface area contributed by atoms with Crippen molar-refractivity contribution in [1.29, 1.82) is 0 Å². The van der Waals surface area contributed by atoms with E-state index < -0.39 is 29.2 Å². The summed E-state index contributed by atoms with van der Waals surface area (Å²) in [7, 11) is -2.23. The Morgan fingerprint density at radius 3 is 2.33 bits per heavy atom. The molecule has 4 nitrogen and oxygen atoms in total. The maximum absolute atomic E-state index is 12.1. The molecule has 0 bridgehead atoms. The molecule has 0 saturated carbocycles. The molecule has 1 rings (SSSR count). The van der Waals surface area contributed by atoms with E-state index in [0.717, 1.165) is 11.1 Å². The number of aryl methyl sites for hydroxylation is 1. The van der Waals surface area contributed by atoms with Crippen molar-refractivity contribution in [2.24, 2.45) is 0 Å². The number of halogens is 3. The third-order valence-electron chi connectivity index (χ3n) is 3.05. The lowest BCUT2D eigenvalue weighted by Gasteiger charge is -2.14. The molecule has 0 unspecified atom stereocenters. The molecule has 0 aromatic heterocycles. The van der Waals surface area contributed by atoms with Gasteiger partial charge in [0.1, 0.15) is 0 Å². The molecule has 0 atom stereocenters. The molecule has 21 heavy (non-hydrogen) atoms. The van der Waals surface area contributed by atoms with E-state index in [0.29, 0.717) is 12.1 Å². The fourth-order valence-corrected chi connectivity index (χ4v) is 3.29. The van der Waals surface area contributed by atoms with E-state index in [1.165, 1.54) is 6.07 Å². The lowest BCUT2D eigenvalue weighted by Crippen LogP contribution is -2.29. The molecule has 0 fully saturated rings. The van der Waals surface area contributed by atoms with Gasteiger partial charge >= 0.3 is 6.18 Å². The summed E-state index contributed by atoms with van der Waals surface area (Å²) in [6.07, 6.45) is -5.58. The van der Waals surface area contributed by atoms with Crippen molar-refractivity contribution in [3.05, 3.63) is 28.8 Å². The smallest absolute Gasteiger partial charge is 0.316 e. The lowest BCUT2D eigenvalue weighted by atomic mass is 10.1. The largest absolute Gasteiger partial charge is 0.390 e. The van der Waals surface area contributed by atoms with Crippen LogP contribution in [0.1, 0.15) is 23.1 Å². The quantitative estimate of drug-likeness (QED) is 0.844. The van der Waals surface area contributed by atoms with Gasteiger partial charge in [-0.25, -0.2) is 13.1 Å². The third kappa shape index (κ3) is 5.29. The molecule has 120 valence electrons. The monoisotopic (exact) mass is 324 g/mol. The molecular formula is C13H19F3N2O2S. The van der Waals surface area contributed by atoms with E-state index in [-0.39, 0.29) is 4.90 Å². The van der Waals surface area contributed by atoms with Gasteiger partial charge in [-0.2, -0.15) is 13.2 Å². The SMILES string of the molecule is CNCc1cc(C)c(C)c(S(=O)(=O)NCCC(F)(F)F)c1. The number of alkyl halides is 3. The Kier molecular flexibility index (Phi) is 5.77. The van der Waals surface area contributed by atoms with Crippen molar-refractivity contribution >= 4 is 10.0 Å². The number of hydrogen-bond acceptors (Lipinski definition) is 3. The molecule has 1 aromatic rings. The van der Waals surface area contributed by atoms with Gasteiger partial charge in [-0.05, 0) is 43.7 Å². The summed E-state index contributed by atoms with van der Waals surface area (Å²) < 4.78 is 62.6. The van der Waals surface area contributed by atoms with E-state index in [2.05, 4.69) is 5.32 Å². The maximum Gasteiger partial charge on any atom is 0.390 e. The second kappa shape index (κ2) is 6.76. The number of rotatable bonds is 6. The van der Waals surface area contributed by atoms with Gasteiger partial charge in [0.15, 0.2) is 0 Å². The zero-order valence-electron chi connectivity index (χ0n) is 12.1. The van der Waals surface area contributed by atoms with Gasteiger partial charge in [-0.3, -0.25) is 0 Å². The molecule has 0 saturated heterocycles. The summed E-state index contributed by atoms with van der Waals surface area (Å²) in [6.45, 7) is 3.22. The van der Waals surface area contributed by atoms with Crippen LogP contribution in [0.25, 0.3) is 0 Å². The van der Waals surface area contributed by atoms with Crippen molar-refractivity contribution in [3.63, 3.8) is 0 Å². The number of sulfonamides is 1. The van der Waals surface area contributed by atoms with Crippen LogP contribution in [0.15, 0.2) is 17.0 Å². The molecule has 2 N–H and O–H groups in total. The fourth-order valence-electron chi connectivity index (χ4n) is 1.89. The summed E-state index contributed by atoms with van der Waals surface area (Å²) in [5.41, 5.74) is 2.07. The summed E-state index contributed by atoms with van der Waals surface area (Å²) in [4.78, 5) is 0.0231. The first-order valence-corrected chi connectivity index (χ1v) is 7.86. The average molecular weight is 324 g/mol. The van der Waals surface area contributed by atoms with Gasteiger partial charge in [0.2, 0.25) is 10.0 Å². The second-order valence-electron chi connectivity index (χ2n) is 4.83. The molecule has 0 heterocycles. The second-order valence-corrected chi connectivity index (χ2v) is 6.56. The molecule has 0 aliphatic carbocycles. The zero-order valence-corrected chi connectivity index (χ0v) is 13.0. The third-order valence-corrected chi connectivity index (χ3v) is 4.64. The standard InChI is InChI=1S/C13H19F3N2O2S/c1-9-6-11(8-17-3)7-12(10(9)2)21(19,20)18-5-4-13(14,15)16/h6-7,17-18H,4-5,8H2,1-3H3. The normalized spacial score (nSPS) is 12.7. The highest BCUT2D eigenvalue weighted by Gasteiger charge is 2.28. The Bertz CT molecular complexity index is 598. The highest BCUT2D eigenvalue weighted by Crippen LogP contribution is 2.22. The summed E-state index contributed by atoms with van der Waals surface area (Å²) in [5.74, 6) is 0. The van der Waals surface area contributed by atoms with Gasteiger partial charge in [0, 0.05) is 13.1 Å². The van der Waals surface area contributed by atoms with Crippen LogP contribution in [0.2, 0.25) is 0 Å². The summed E-state index contributed by atoms with van der Waals surface area (Å²) in [5, 5.41) is 2.91. The van der Waals surface area contributed by atoms with E-state index in [1.54, 1.807) is 20.9 Å². The lowest BCUT2D eigenvalue weighted by molar-refractivity contribution is -0.132. The minimum absolute atomic E-state index is 0.0231. The van der Waals surface area contributed by atoms with Crippen LogP contribution < -0.4 is 10.0 Å². The number of benzene rings is 1. The van der Waals surface area contributed by atoms with Crippen molar-refractivity contribution < 1.29 is 21.6 Å². The average Bonchev–Trinajstić information content (AvgIpc) is 2.31. The van der Waals surface area contributed by atoms with E-state index >= 15 is 0 Å². The highest BCUT2D eigenvalue weighted by atomic mass is 32.2. The first-order chi connectivity index (χ1) is 9.57. The van der Waals surface area contributed by atoms with Crippen molar-refractivity contribution in [2.45, 2.75) is 37.9 Å². The van der Waals surface area contributed by atoms with E-state index in [1.807, 2.05) is 10.8 Å². The highest BCUT2D eigenvalue weighted by molar-refractivity contribution is 7.89. The molecule has 1 aromatic carbocycles. The van der Waals surface area contributed by atoms with Crippen LogP contribution in [0.3, 0.4) is 0 Å². The Hall–Kier alpha value is -1.12. The molecular weight excluding hydrogens is 305 g/mol. The topological polar surface area (TPSA) is 58.2 Å².